The standard InChI is InChI=1S/C27H25N7O5/c1-5-38-24-14-34(20-13-28-15-31-16(20)2)33-26(24)27(35)32-25-7-6-17(12-30-25)39-21-8-9-29-19-11-23(37-4)22(36-3)10-18(19)21/h6-15H,5H2,1-4H3,(H,30,32,35). The van der Waals surface area contributed by atoms with Gasteiger partial charge in [-0.1, -0.05) is 0 Å². The number of hydrogen-bond donors (Lipinski definition) is 1. The van der Waals surface area contributed by atoms with Gasteiger partial charge in [-0.05, 0) is 38.1 Å². The summed E-state index contributed by atoms with van der Waals surface area (Å²) in [5.74, 6) is 2.32. The van der Waals surface area contributed by atoms with E-state index in [9.17, 15) is 4.79 Å². The number of hydrogen-bond acceptors (Lipinski definition) is 10. The molecular weight excluding hydrogens is 502 g/mol. The first-order valence-electron chi connectivity index (χ1n) is 12.0. The van der Waals surface area contributed by atoms with Crippen LogP contribution in [0.1, 0.15) is 23.1 Å². The van der Waals surface area contributed by atoms with E-state index in [4.69, 9.17) is 18.9 Å². The monoisotopic (exact) mass is 527 g/mol. The Bertz CT molecular complexity index is 1640. The molecular formula is C27H25N7O5. The minimum atomic E-state index is -0.478. The lowest BCUT2D eigenvalue weighted by molar-refractivity contribution is 0.101. The first-order chi connectivity index (χ1) is 19.0. The van der Waals surface area contributed by atoms with Gasteiger partial charge in [-0.3, -0.25) is 9.78 Å². The van der Waals surface area contributed by atoms with Gasteiger partial charge in [0.15, 0.2) is 22.9 Å². The highest BCUT2D eigenvalue weighted by Gasteiger charge is 2.20. The number of anilines is 1. The molecule has 198 valence electrons. The minimum absolute atomic E-state index is 0.106. The number of benzene rings is 1. The predicted octanol–water partition coefficient (Wildman–Crippen LogP) is 4.37. The molecule has 5 rings (SSSR count). The van der Waals surface area contributed by atoms with E-state index in [1.54, 1.807) is 63.1 Å². The van der Waals surface area contributed by atoms with Crippen LogP contribution in [0, 0.1) is 6.92 Å². The summed E-state index contributed by atoms with van der Waals surface area (Å²) in [6.45, 7) is 4.02. The number of rotatable bonds is 9. The summed E-state index contributed by atoms with van der Waals surface area (Å²) in [5.41, 5.74) is 2.13. The molecule has 1 N–H and O–H groups in total. The van der Waals surface area contributed by atoms with Crippen molar-refractivity contribution in [3.63, 3.8) is 0 Å². The average molecular weight is 528 g/mol. The summed E-state index contributed by atoms with van der Waals surface area (Å²) >= 11 is 0. The van der Waals surface area contributed by atoms with Crippen LogP contribution >= 0.6 is 0 Å². The lowest BCUT2D eigenvalue weighted by atomic mass is 10.2. The third-order valence-corrected chi connectivity index (χ3v) is 5.74. The van der Waals surface area contributed by atoms with Crippen LogP contribution < -0.4 is 24.3 Å². The first kappa shape index (κ1) is 25.4. The highest BCUT2D eigenvalue weighted by atomic mass is 16.5. The zero-order valence-corrected chi connectivity index (χ0v) is 21.7. The van der Waals surface area contributed by atoms with Gasteiger partial charge in [-0.15, -0.1) is 0 Å². The van der Waals surface area contributed by atoms with Crippen molar-refractivity contribution in [2.75, 3.05) is 26.1 Å². The molecule has 0 aliphatic heterocycles. The number of carbonyl (C=O) groups is 1. The number of fused-ring (bicyclic) bond motifs is 1. The highest BCUT2D eigenvalue weighted by Crippen LogP contribution is 2.36. The van der Waals surface area contributed by atoms with Gasteiger partial charge in [0.2, 0.25) is 0 Å². The van der Waals surface area contributed by atoms with Gasteiger partial charge in [-0.2, -0.15) is 5.10 Å². The molecule has 0 atom stereocenters. The molecule has 39 heavy (non-hydrogen) atoms. The SMILES string of the molecule is CCOc1cn(-c2cncnc2C)nc1C(=O)Nc1ccc(Oc2ccnc3cc(OC)c(OC)cc23)cn1. The van der Waals surface area contributed by atoms with Gasteiger partial charge in [0, 0.05) is 17.6 Å². The fraction of sp³-hybridized carbons (Fsp3) is 0.185. The van der Waals surface area contributed by atoms with E-state index in [2.05, 4.69) is 30.4 Å². The van der Waals surface area contributed by atoms with E-state index in [1.165, 1.54) is 17.2 Å². The Labute approximate surface area is 223 Å². The molecule has 0 spiro atoms. The van der Waals surface area contributed by atoms with Gasteiger partial charge in [0.25, 0.3) is 5.91 Å². The summed E-state index contributed by atoms with van der Waals surface area (Å²) in [5, 5.41) is 7.90. The van der Waals surface area contributed by atoms with Crippen LogP contribution in [0.3, 0.4) is 0 Å². The molecule has 12 nitrogen and oxygen atoms in total. The quantitative estimate of drug-likeness (QED) is 0.294. The first-order valence-corrected chi connectivity index (χ1v) is 12.0. The van der Waals surface area contributed by atoms with Crippen LogP contribution in [0.5, 0.6) is 28.7 Å². The van der Waals surface area contributed by atoms with Gasteiger partial charge in [0.1, 0.15) is 29.3 Å². The van der Waals surface area contributed by atoms with Gasteiger partial charge < -0.3 is 24.3 Å². The molecule has 4 aromatic heterocycles. The van der Waals surface area contributed by atoms with Crippen molar-refractivity contribution in [3.05, 3.63) is 72.8 Å². The Morgan fingerprint density at radius 1 is 0.974 bits per heavy atom. The fourth-order valence-electron chi connectivity index (χ4n) is 3.86. The lowest BCUT2D eigenvalue weighted by Gasteiger charge is -2.12. The summed E-state index contributed by atoms with van der Waals surface area (Å²) in [7, 11) is 3.13. The van der Waals surface area contributed by atoms with Gasteiger partial charge >= 0.3 is 0 Å². The van der Waals surface area contributed by atoms with Crippen LogP contribution in [0.4, 0.5) is 5.82 Å². The average Bonchev–Trinajstić information content (AvgIpc) is 3.37. The third-order valence-electron chi connectivity index (χ3n) is 5.74. The van der Waals surface area contributed by atoms with Crippen LogP contribution in [0.25, 0.3) is 16.6 Å². The maximum absolute atomic E-state index is 13.1. The van der Waals surface area contributed by atoms with Crippen LogP contribution in [-0.2, 0) is 0 Å². The summed E-state index contributed by atoms with van der Waals surface area (Å²) in [6, 6.07) is 8.66. The number of ether oxygens (including phenoxy) is 4. The van der Waals surface area contributed by atoms with Crippen molar-refractivity contribution in [3.8, 4) is 34.4 Å². The third kappa shape index (κ3) is 5.25. The molecule has 0 aliphatic carbocycles. The van der Waals surface area contributed by atoms with E-state index >= 15 is 0 Å². The summed E-state index contributed by atoms with van der Waals surface area (Å²) in [6.07, 6.45) is 7.84. The lowest BCUT2D eigenvalue weighted by Crippen LogP contribution is -2.15. The molecule has 5 aromatic rings. The number of aromatic nitrogens is 6. The number of methoxy groups -OCH3 is 2. The number of amides is 1. The van der Waals surface area contributed by atoms with Crippen LogP contribution in [-0.4, -0.2) is 56.5 Å². The Morgan fingerprint density at radius 2 is 1.79 bits per heavy atom. The summed E-state index contributed by atoms with van der Waals surface area (Å²) < 4.78 is 24.0. The molecule has 0 saturated heterocycles. The van der Waals surface area contributed by atoms with Crippen molar-refractivity contribution in [2.45, 2.75) is 13.8 Å². The zero-order valence-electron chi connectivity index (χ0n) is 21.7. The van der Waals surface area contributed by atoms with Gasteiger partial charge in [0.05, 0.1) is 50.6 Å². The molecule has 0 unspecified atom stereocenters. The van der Waals surface area contributed by atoms with Crippen LogP contribution in [0.15, 0.2) is 61.4 Å². The molecule has 0 saturated carbocycles. The molecule has 0 radical (unpaired) electrons. The second-order valence-corrected chi connectivity index (χ2v) is 8.18. The Kier molecular flexibility index (Phi) is 7.17. The van der Waals surface area contributed by atoms with Crippen LogP contribution in [0.2, 0.25) is 0 Å². The fourth-order valence-corrected chi connectivity index (χ4v) is 3.86. The number of nitrogens with zero attached hydrogens (tertiary/aromatic N) is 6. The number of aryl methyl sites for hydroxylation is 1. The molecule has 12 heteroatoms. The van der Waals surface area contributed by atoms with Crippen molar-refractivity contribution in [1.82, 2.24) is 29.7 Å². The Morgan fingerprint density at radius 3 is 2.51 bits per heavy atom. The largest absolute Gasteiger partial charge is 0.493 e. The Balaban J connectivity index is 1.35. The zero-order chi connectivity index (χ0) is 27.4. The second-order valence-electron chi connectivity index (χ2n) is 8.18. The second kappa shape index (κ2) is 11.0. The maximum atomic E-state index is 13.1. The highest BCUT2D eigenvalue weighted by molar-refractivity contribution is 6.04. The van der Waals surface area contributed by atoms with E-state index in [0.29, 0.717) is 58.1 Å². The predicted molar refractivity (Wildman–Crippen MR) is 142 cm³/mol. The van der Waals surface area contributed by atoms with Gasteiger partial charge in [-0.25, -0.2) is 19.6 Å². The van der Waals surface area contributed by atoms with E-state index in [0.717, 1.165) is 5.39 Å². The van der Waals surface area contributed by atoms with Crippen molar-refractivity contribution in [2.24, 2.45) is 0 Å². The molecule has 1 amide bonds. The maximum Gasteiger partial charge on any atom is 0.281 e. The molecule has 1 aromatic carbocycles. The van der Waals surface area contributed by atoms with Crippen molar-refractivity contribution in [1.29, 1.82) is 0 Å². The van der Waals surface area contributed by atoms with E-state index in [1.807, 2.05) is 13.8 Å². The smallest absolute Gasteiger partial charge is 0.281 e. The number of nitrogens with one attached hydrogen (secondary N) is 1. The number of pyridine rings is 2. The van der Waals surface area contributed by atoms with E-state index in [-0.39, 0.29) is 5.69 Å². The van der Waals surface area contributed by atoms with Crippen molar-refractivity contribution < 1.29 is 23.7 Å². The minimum Gasteiger partial charge on any atom is -0.493 e. The summed E-state index contributed by atoms with van der Waals surface area (Å²) in [4.78, 5) is 30.0. The molecule has 0 aliphatic rings. The Hall–Kier alpha value is -5.26. The van der Waals surface area contributed by atoms with Crippen molar-refractivity contribution >= 4 is 22.6 Å². The molecule has 0 bridgehead atoms. The normalized spacial score (nSPS) is 10.8. The number of carbonyl (C=O) groups excluding carboxylic acids is 1. The molecule has 0 fully saturated rings. The topological polar surface area (TPSA) is 135 Å². The molecule has 4 heterocycles. The van der Waals surface area contributed by atoms with E-state index < -0.39 is 5.91 Å².